The number of alkyl carbamates (subject to hydrolysis) is 1. The van der Waals surface area contributed by atoms with Gasteiger partial charge in [-0.05, 0) is 39.0 Å². The molecule has 0 bridgehead atoms. The third-order valence-corrected chi connectivity index (χ3v) is 2.91. The molecule has 0 aliphatic carbocycles. The van der Waals surface area contributed by atoms with Crippen molar-refractivity contribution >= 4 is 29.4 Å². The number of halogens is 3. The van der Waals surface area contributed by atoms with Crippen LogP contribution in [0.15, 0.2) is 28.2 Å². The molecule has 0 atom stereocenters. The number of nitrogens with one attached hydrogen (secondary N) is 2. The van der Waals surface area contributed by atoms with Crippen molar-refractivity contribution in [2.24, 2.45) is 27.2 Å². The van der Waals surface area contributed by atoms with Crippen LogP contribution in [0.2, 0.25) is 0 Å². The lowest BCUT2D eigenvalue weighted by Gasteiger charge is -2.20. The Morgan fingerprint density at radius 2 is 1.79 bits per heavy atom. The molecule has 0 aromatic heterocycles. The second-order valence-electron chi connectivity index (χ2n) is 6.59. The van der Waals surface area contributed by atoms with Crippen LogP contribution in [-0.4, -0.2) is 36.7 Å². The first-order valence-corrected chi connectivity index (χ1v) is 8.13. The van der Waals surface area contributed by atoms with Gasteiger partial charge in [-0.2, -0.15) is 18.2 Å². The first kappa shape index (κ1) is 22.9. The number of rotatable bonds is 5. The number of nitrogens with zero attached hydrogens (tertiary/aromatic N) is 2. The molecule has 0 heterocycles. The van der Waals surface area contributed by atoms with E-state index in [2.05, 4.69) is 20.6 Å². The molecule has 1 aromatic rings. The Kier molecular flexibility index (Phi) is 7.47. The summed E-state index contributed by atoms with van der Waals surface area (Å²) in [5, 5.41) is 5.37. The number of ether oxygens (including phenoxy) is 1. The second kappa shape index (κ2) is 9.15. The van der Waals surface area contributed by atoms with Crippen LogP contribution in [0.3, 0.4) is 0 Å². The van der Waals surface area contributed by atoms with Crippen LogP contribution in [-0.2, 0) is 10.9 Å². The molecule has 0 radical (unpaired) electrons. The third-order valence-electron chi connectivity index (χ3n) is 2.91. The van der Waals surface area contributed by atoms with Crippen molar-refractivity contribution in [3.8, 4) is 0 Å². The molecule has 1 aromatic carbocycles. The molecule has 12 heteroatoms. The maximum Gasteiger partial charge on any atom is 0.416 e. The van der Waals surface area contributed by atoms with Crippen molar-refractivity contribution in [3.05, 3.63) is 23.8 Å². The number of nitrogens with two attached hydrogens (primary N) is 3. The first-order valence-electron chi connectivity index (χ1n) is 8.13. The van der Waals surface area contributed by atoms with Crippen LogP contribution < -0.4 is 27.8 Å². The van der Waals surface area contributed by atoms with Crippen molar-refractivity contribution in [2.45, 2.75) is 32.5 Å². The highest BCUT2D eigenvalue weighted by Gasteiger charge is 2.31. The fraction of sp³-hybridized carbons (Fsp3) is 0.438. The Bertz CT molecular complexity index is 752. The van der Waals surface area contributed by atoms with Crippen LogP contribution in [0.4, 0.5) is 29.3 Å². The van der Waals surface area contributed by atoms with Gasteiger partial charge in [0.15, 0.2) is 5.96 Å². The molecular weight excluding hydrogens is 379 g/mol. The zero-order chi connectivity index (χ0) is 21.5. The maximum absolute atomic E-state index is 12.9. The van der Waals surface area contributed by atoms with Crippen LogP contribution >= 0.6 is 0 Å². The highest BCUT2D eigenvalue weighted by Crippen LogP contribution is 2.35. The summed E-state index contributed by atoms with van der Waals surface area (Å²) in [5.74, 6) is -0.793. The average molecular weight is 403 g/mol. The van der Waals surface area contributed by atoms with Crippen molar-refractivity contribution in [2.75, 3.05) is 18.4 Å². The molecule has 1 amide bonds. The molecule has 28 heavy (non-hydrogen) atoms. The third kappa shape index (κ3) is 8.47. The van der Waals surface area contributed by atoms with Gasteiger partial charge >= 0.3 is 12.3 Å². The van der Waals surface area contributed by atoms with E-state index in [0.29, 0.717) is 0 Å². The topological polar surface area (TPSA) is 153 Å². The summed E-state index contributed by atoms with van der Waals surface area (Å²) >= 11 is 0. The standard InChI is InChI=1S/C16H24F3N7O2/c1-15(2,3)28-14(27)24-7-6-23-10-5-4-9(16(17,18)19)8-11(10)25-13(22)26-12(20)21/h4-5,8,23H,6-7H2,1-3H3,(H,24,27)(H6,20,21,22,25,26). The molecule has 0 unspecified atom stereocenters. The normalized spacial score (nSPS) is 12.3. The van der Waals surface area contributed by atoms with Crippen molar-refractivity contribution in [1.29, 1.82) is 0 Å². The van der Waals surface area contributed by atoms with Crippen molar-refractivity contribution in [1.82, 2.24) is 5.32 Å². The van der Waals surface area contributed by atoms with Gasteiger partial charge in [-0.3, -0.25) is 0 Å². The molecule has 0 saturated heterocycles. The fourth-order valence-electron chi connectivity index (χ4n) is 1.91. The van der Waals surface area contributed by atoms with E-state index in [1.165, 1.54) is 6.07 Å². The quantitative estimate of drug-likeness (QED) is 0.287. The highest BCUT2D eigenvalue weighted by molar-refractivity contribution is 5.94. The van der Waals surface area contributed by atoms with E-state index < -0.39 is 29.4 Å². The number of carbonyl (C=O) groups is 1. The zero-order valence-corrected chi connectivity index (χ0v) is 15.7. The Morgan fingerprint density at radius 3 is 2.32 bits per heavy atom. The Hall–Kier alpha value is -3.18. The molecule has 0 spiro atoms. The summed E-state index contributed by atoms with van der Waals surface area (Å²) < 4.78 is 43.9. The molecule has 0 fully saturated rings. The van der Waals surface area contributed by atoms with Gasteiger partial charge in [0, 0.05) is 13.1 Å². The number of guanidine groups is 2. The van der Waals surface area contributed by atoms with Crippen LogP contribution in [0, 0.1) is 0 Å². The fourth-order valence-corrected chi connectivity index (χ4v) is 1.91. The summed E-state index contributed by atoms with van der Waals surface area (Å²) in [7, 11) is 0. The van der Waals surface area contributed by atoms with Gasteiger partial charge in [0.25, 0.3) is 0 Å². The minimum Gasteiger partial charge on any atom is -0.444 e. The predicted octanol–water partition coefficient (Wildman–Crippen LogP) is 1.86. The number of carbonyl (C=O) groups excluding carboxylic acids is 1. The Balaban J connectivity index is 2.90. The number of alkyl halides is 3. The average Bonchev–Trinajstić information content (AvgIpc) is 2.49. The summed E-state index contributed by atoms with van der Waals surface area (Å²) in [6.45, 7) is 5.51. The van der Waals surface area contributed by atoms with E-state index in [-0.39, 0.29) is 30.4 Å². The molecule has 0 aliphatic heterocycles. The number of benzene rings is 1. The summed E-state index contributed by atoms with van der Waals surface area (Å²) in [6, 6.07) is 2.88. The molecular formula is C16H24F3N7O2. The first-order chi connectivity index (χ1) is 12.8. The lowest BCUT2D eigenvalue weighted by atomic mass is 10.1. The summed E-state index contributed by atoms with van der Waals surface area (Å²) in [4.78, 5) is 18.9. The minimum atomic E-state index is -4.56. The van der Waals surface area contributed by atoms with E-state index >= 15 is 0 Å². The van der Waals surface area contributed by atoms with Gasteiger partial charge in [-0.1, -0.05) is 0 Å². The predicted molar refractivity (Wildman–Crippen MR) is 101 cm³/mol. The summed E-state index contributed by atoms with van der Waals surface area (Å²) in [5.41, 5.74) is 14.4. The number of hydrogen-bond donors (Lipinski definition) is 5. The second-order valence-corrected chi connectivity index (χ2v) is 6.59. The number of amides is 1. The van der Waals surface area contributed by atoms with Gasteiger partial charge < -0.3 is 32.6 Å². The van der Waals surface area contributed by atoms with Crippen molar-refractivity contribution < 1.29 is 22.7 Å². The number of hydrogen-bond acceptors (Lipinski definition) is 4. The molecule has 1 rings (SSSR count). The van der Waals surface area contributed by atoms with Crippen LogP contribution in [0.25, 0.3) is 0 Å². The maximum atomic E-state index is 12.9. The van der Waals surface area contributed by atoms with Crippen LogP contribution in [0.1, 0.15) is 26.3 Å². The largest absolute Gasteiger partial charge is 0.444 e. The lowest BCUT2D eigenvalue weighted by molar-refractivity contribution is -0.137. The minimum absolute atomic E-state index is 0.116. The monoisotopic (exact) mass is 403 g/mol. The van der Waals surface area contributed by atoms with Gasteiger partial charge in [0.05, 0.1) is 16.9 Å². The van der Waals surface area contributed by atoms with E-state index in [1.54, 1.807) is 20.8 Å². The number of aliphatic imine (C=N–C) groups is 2. The highest BCUT2D eigenvalue weighted by atomic mass is 19.4. The van der Waals surface area contributed by atoms with Gasteiger partial charge in [0.1, 0.15) is 5.60 Å². The van der Waals surface area contributed by atoms with E-state index in [4.69, 9.17) is 21.9 Å². The van der Waals surface area contributed by atoms with Gasteiger partial charge in [-0.15, -0.1) is 0 Å². The Morgan fingerprint density at radius 1 is 1.14 bits per heavy atom. The van der Waals surface area contributed by atoms with Gasteiger partial charge in [0.2, 0.25) is 5.96 Å². The van der Waals surface area contributed by atoms with E-state index in [9.17, 15) is 18.0 Å². The number of anilines is 1. The summed E-state index contributed by atoms with van der Waals surface area (Å²) in [6.07, 6.45) is -5.18. The SMILES string of the molecule is CC(C)(C)OC(=O)NCCNc1ccc(C(F)(F)F)cc1N=C(N)N=C(N)N. The molecule has 0 saturated carbocycles. The zero-order valence-electron chi connectivity index (χ0n) is 15.7. The smallest absolute Gasteiger partial charge is 0.416 e. The molecule has 156 valence electrons. The van der Waals surface area contributed by atoms with E-state index in [1.807, 2.05) is 0 Å². The Labute approximate surface area is 160 Å². The van der Waals surface area contributed by atoms with E-state index in [0.717, 1.165) is 12.1 Å². The molecule has 0 aliphatic rings. The molecule has 9 nitrogen and oxygen atoms in total. The lowest BCUT2D eigenvalue weighted by Crippen LogP contribution is -2.35. The van der Waals surface area contributed by atoms with Gasteiger partial charge in [-0.25, -0.2) is 9.79 Å². The van der Waals surface area contributed by atoms with Crippen LogP contribution in [0.5, 0.6) is 0 Å². The van der Waals surface area contributed by atoms with Crippen molar-refractivity contribution in [3.63, 3.8) is 0 Å². The molecule has 8 N–H and O–H groups in total.